The average Bonchev–Trinajstić information content (AvgIpc) is 3.66. The Kier molecular flexibility index (Phi) is 9.82. The predicted molar refractivity (Wildman–Crippen MR) is 183 cm³/mol. The molecule has 0 bridgehead atoms. The van der Waals surface area contributed by atoms with Crippen LogP contribution >= 0.6 is 11.6 Å². The summed E-state index contributed by atoms with van der Waals surface area (Å²) in [6.45, 7) is 1.83. The van der Waals surface area contributed by atoms with Crippen LogP contribution in [0.2, 0.25) is 5.02 Å². The summed E-state index contributed by atoms with van der Waals surface area (Å²) >= 11 is 6.42. The van der Waals surface area contributed by atoms with Gasteiger partial charge in [0.2, 0.25) is 5.82 Å². The van der Waals surface area contributed by atoms with Crippen LogP contribution in [0.3, 0.4) is 0 Å². The standard InChI is InChI=1S/C35H32ClF5N10O3/c1-32(2,3)17-34(22-7-4-19(5-8-22)21-14-44-26(13-42)45-15-21)28(52)50(30(43)48-34)25(16-54-31(53)49-33(10-11-33)35(39,40)41)20-6-9-24(36)23(12-20)27-46-18-47-51(27)29(37)38/h4-9,12,14-15,18,25,29H,10-11,16-17H2,1-3H3,(H2,43,48)(H,49,53)/t25-,34-/m1/s1. The number of nitrogens with one attached hydrogen (secondary N) is 3. The highest BCUT2D eigenvalue weighted by atomic mass is 35.5. The Bertz CT molecular complexity index is 2130. The van der Waals surface area contributed by atoms with E-state index >= 15 is 0 Å². The Labute approximate surface area is 310 Å². The summed E-state index contributed by atoms with van der Waals surface area (Å²) in [6, 6.07) is 11.3. The van der Waals surface area contributed by atoms with Crippen LogP contribution < -0.4 is 10.6 Å². The van der Waals surface area contributed by atoms with Gasteiger partial charge < -0.3 is 15.4 Å². The molecule has 2 fully saturated rings. The number of ether oxygens (including phenoxy) is 1. The van der Waals surface area contributed by atoms with Gasteiger partial charge >= 0.3 is 18.8 Å². The molecule has 6 rings (SSSR count). The summed E-state index contributed by atoms with van der Waals surface area (Å²) in [5.74, 6) is -1.42. The Morgan fingerprint density at radius 3 is 2.33 bits per heavy atom. The third kappa shape index (κ3) is 7.27. The van der Waals surface area contributed by atoms with E-state index in [-0.39, 0.29) is 47.1 Å². The molecule has 3 heterocycles. The molecule has 1 saturated heterocycles. The Hall–Kier alpha value is -5.70. The van der Waals surface area contributed by atoms with Gasteiger partial charge in [-0.15, -0.1) is 0 Å². The first-order valence-corrected chi connectivity index (χ1v) is 16.8. The zero-order valence-electron chi connectivity index (χ0n) is 28.9. The molecule has 2 atom stereocenters. The summed E-state index contributed by atoms with van der Waals surface area (Å²) in [4.78, 5) is 40.7. The van der Waals surface area contributed by atoms with Crippen LogP contribution in [0.15, 0.2) is 61.2 Å². The normalized spacial score (nSPS) is 18.6. The van der Waals surface area contributed by atoms with Crippen molar-refractivity contribution >= 4 is 29.6 Å². The molecule has 2 aromatic heterocycles. The molecule has 1 aliphatic carbocycles. The van der Waals surface area contributed by atoms with Crippen molar-refractivity contribution in [2.75, 3.05) is 6.61 Å². The summed E-state index contributed by atoms with van der Waals surface area (Å²) in [7, 11) is 0. The zero-order valence-corrected chi connectivity index (χ0v) is 29.6. The van der Waals surface area contributed by atoms with Crippen molar-refractivity contribution in [2.45, 2.75) is 69.9 Å². The minimum atomic E-state index is -4.73. The second-order valence-corrected chi connectivity index (χ2v) is 14.5. The summed E-state index contributed by atoms with van der Waals surface area (Å²) in [5, 5.41) is 26.6. The molecule has 0 spiro atoms. The fourth-order valence-electron chi connectivity index (χ4n) is 6.43. The highest BCUT2D eigenvalue weighted by molar-refractivity contribution is 6.33. The van der Waals surface area contributed by atoms with Crippen LogP contribution in [0.5, 0.6) is 0 Å². The van der Waals surface area contributed by atoms with E-state index in [0.29, 0.717) is 21.4 Å². The van der Waals surface area contributed by atoms with Crippen LogP contribution in [-0.2, 0) is 15.1 Å². The van der Waals surface area contributed by atoms with Crippen molar-refractivity contribution in [3.8, 4) is 28.6 Å². The maximum atomic E-state index is 14.9. The van der Waals surface area contributed by atoms with Gasteiger partial charge in [-0.3, -0.25) is 15.1 Å². The number of aromatic nitrogens is 5. The minimum Gasteiger partial charge on any atom is -0.447 e. The van der Waals surface area contributed by atoms with Crippen molar-refractivity contribution in [1.29, 1.82) is 10.7 Å². The third-order valence-electron chi connectivity index (χ3n) is 9.11. The van der Waals surface area contributed by atoms with Gasteiger partial charge in [0.05, 0.1) is 11.1 Å². The lowest BCUT2D eigenvalue weighted by Crippen LogP contribution is -2.49. The SMILES string of the molecule is CC(C)(C)C[C@]1(c2ccc(-c3cnc(C#N)nc3)cc2)NC(=N)N([C@H](COC(=O)NC2(C(F)(F)F)CC2)c2ccc(Cl)c(-c3ncnn3C(F)F)c2)C1=O. The Balaban J connectivity index is 1.40. The van der Waals surface area contributed by atoms with E-state index in [2.05, 4.69) is 25.4 Å². The molecule has 54 heavy (non-hydrogen) atoms. The molecule has 2 amide bonds. The number of halogens is 6. The topological polar surface area (TPSA) is 175 Å². The lowest BCUT2D eigenvalue weighted by atomic mass is 9.75. The number of guanidine groups is 1. The van der Waals surface area contributed by atoms with Gasteiger partial charge in [-0.1, -0.05) is 62.7 Å². The van der Waals surface area contributed by atoms with Gasteiger partial charge in [-0.05, 0) is 53.5 Å². The van der Waals surface area contributed by atoms with Crippen LogP contribution in [0, 0.1) is 22.2 Å². The third-order valence-corrected chi connectivity index (χ3v) is 9.44. The fourth-order valence-corrected chi connectivity index (χ4v) is 6.64. The second-order valence-electron chi connectivity index (χ2n) is 14.1. The second kappa shape index (κ2) is 13.9. The van der Waals surface area contributed by atoms with Gasteiger partial charge in [0.1, 0.15) is 30.1 Å². The predicted octanol–water partition coefficient (Wildman–Crippen LogP) is 6.88. The molecule has 1 aliphatic heterocycles. The van der Waals surface area contributed by atoms with Crippen molar-refractivity contribution in [1.82, 2.24) is 40.3 Å². The molecular formula is C35H32ClF5N10O3. The first kappa shape index (κ1) is 38.0. The summed E-state index contributed by atoms with van der Waals surface area (Å²) in [6.07, 6.45) is -2.83. The molecule has 2 aromatic carbocycles. The van der Waals surface area contributed by atoms with Gasteiger partial charge in [-0.25, -0.2) is 19.7 Å². The van der Waals surface area contributed by atoms with E-state index in [1.54, 1.807) is 24.3 Å². The number of carbonyl (C=O) groups excluding carboxylic acids is 2. The van der Waals surface area contributed by atoms with Crippen LogP contribution in [0.25, 0.3) is 22.5 Å². The van der Waals surface area contributed by atoms with E-state index in [1.165, 1.54) is 30.6 Å². The number of alkyl carbamates (subject to hydrolysis) is 1. The first-order chi connectivity index (χ1) is 25.4. The van der Waals surface area contributed by atoms with Crippen LogP contribution in [0.4, 0.5) is 26.7 Å². The van der Waals surface area contributed by atoms with Gasteiger partial charge in [0.25, 0.3) is 5.91 Å². The van der Waals surface area contributed by atoms with Crippen molar-refractivity contribution in [3.05, 3.63) is 83.2 Å². The molecular weight excluding hydrogens is 739 g/mol. The number of carbonyl (C=O) groups is 2. The Morgan fingerprint density at radius 2 is 1.76 bits per heavy atom. The zero-order chi connectivity index (χ0) is 39.2. The van der Waals surface area contributed by atoms with Crippen molar-refractivity contribution in [3.63, 3.8) is 0 Å². The number of benzene rings is 2. The molecule has 19 heteroatoms. The van der Waals surface area contributed by atoms with Crippen molar-refractivity contribution in [2.24, 2.45) is 5.41 Å². The maximum Gasteiger partial charge on any atom is 0.411 e. The number of amides is 2. The number of nitrogens with zero attached hydrogens (tertiary/aromatic N) is 7. The van der Waals surface area contributed by atoms with Crippen LogP contribution in [-0.4, -0.2) is 65.9 Å². The first-order valence-electron chi connectivity index (χ1n) is 16.4. The molecule has 4 aromatic rings. The molecule has 13 nitrogen and oxygen atoms in total. The highest BCUT2D eigenvalue weighted by Gasteiger charge is 2.64. The number of alkyl halides is 5. The molecule has 0 unspecified atom stereocenters. The van der Waals surface area contributed by atoms with E-state index in [9.17, 15) is 31.5 Å². The van der Waals surface area contributed by atoms with E-state index in [0.717, 1.165) is 11.2 Å². The maximum absolute atomic E-state index is 14.9. The van der Waals surface area contributed by atoms with Gasteiger partial charge in [-0.2, -0.15) is 37.0 Å². The number of rotatable bonds is 10. The Morgan fingerprint density at radius 1 is 1.09 bits per heavy atom. The lowest BCUT2D eigenvalue weighted by Gasteiger charge is -2.35. The highest BCUT2D eigenvalue weighted by Crippen LogP contribution is 2.49. The molecule has 1 saturated carbocycles. The molecule has 3 N–H and O–H groups in total. The lowest BCUT2D eigenvalue weighted by molar-refractivity contribution is -0.164. The van der Waals surface area contributed by atoms with E-state index < -0.39 is 59.8 Å². The van der Waals surface area contributed by atoms with Gasteiger partial charge in [0.15, 0.2) is 11.8 Å². The fraction of sp³-hybridized carbons (Fsp3) is 0.371. The van der Waals surface area contributed by atoms with E-state index in [1.807, 2.05) is 32.2 Å². The van der Waals surface area contributed by atoms with Crippen molar-refractivity contribution < 1.29 is 36.3 Å². The smallest absolute Gasteiger partial charge is 0.411 e. The number of nitriles is 1. The molecule has 282 valence electrons. The average molecular weight is 771 g/mol. The minimum absolute atomic E-state index is 0.00834. The molecule has 2 aliphatic rings. The largest absolute Gasteiger partial charge is 0.447 e. The quantitative estimate of drug-likeness (QED) is 0.145. The summed E-state index contributed by atoms with van der Waals surface area (Å²) < 4.78 is 74.2. The van der Waals surface area contributed by atoms with Crippen LogP contribution in [0.1, 0.15) is 69.6 Å². The monoisotopic (exact) mass is 770 g/mol. The number of hydrogen-bond donors (Lipinski definition) is 3. The van der Waals surface area contributed by atoms with Gasteiger partial charge in [0, 0.05) is 23.5 Å². The molecule has 0 radical (unpaired) electrons. The number of hydrogen-bond acceptors (Lipinski definition) is 9. The van der Waals surface area contributed by atoms with E-state index in [4.69, 9.17) is 27.0 Å². The summed E-state index contributed by atoms with van der Waals surface area (Å²) in [5.41, 5.74) is -2.74.